The fourth-order valence-corrected chi connectivity index (χ4v) is 14.4. The molecule has 0 spiro atoms. The van der Waals surface area contributed by atoms with Gasteiger partial charge in [0.05, 0.1) is 38.6 Å². The van der Waals surface area contributed by atoms with E-state index in [9.17, 15) is 0 Å². The maximum absolute atomic E-state index is 6.33. The van der Waals surface area contributed by atoms with Crippen molar-refractivity contribution >= 4 is 142 Å². The van der Waals surface area contributed by atoms with Gasteiger partial charge in [0.15, 0.2) is 5.82 Å². The van der Waals surface area contributed by atoms with Gasteiger partial charge in [0, 0.05) is 75.7 Å². The van der Waals surface area contributed by atoms with Crippen molar-refractivity contribution in [3.8, 4) is 50.8 Å². The standard InChI is InChI=1S/C80H45N5O3/c1-7-19-67-53(13-1)56-32-25-49(46-28-36-76-62(39-46)59-16-4-10-22-73(59)86-76)42-70(56)83(67)52-31-35-66-65(45-52)79(84-68-20-8-2-14-54(68)57-33-26-50(43-71(57)84)47-29-37-77-63(40-47)60-17-5-11-23-74(60)87-77)82-80(81-66)85-69-21-9-3-15-55(69)58-34-27-51(44-72(58)85)48-30-38-78-64(41-48)61-18-6-12-24-75(61)88-78/h1-45H. The lowest BCUT2D eigenvalue weighted by atomic mass is 10.0. The summed E-state index contributed by atoms with van der Waals surface area (Å²) in [6, 6.07) is 97.7. The summed E-state index contributed by atoms with van der Waals surface area (Å²) in [6.07, 6.45) is 0. The van der Waals surface area contributed by atoms with Gasteiger partial charge in [-0.05, 0) is 143 Å². The highest BCUT2D eigenvalue weighted by molar-refractivity contribution is 6.15. The number of rotatable bonds is 6. The number of hydrogen-bond donors (Lipinski definition) is 0. The van der Waals surface area contributed by atoms with E-state index in [1.54, 1.807) is 0 Å². The van der Waals surface area contributed by atoms with Crippen LogP contribution in [0, 0.1) is 0 Å². The molecule has 0 saturated heterocycles. The number of fused-ring (bicyclic) bond motifs is 19. The minimum absolute atomic E-state index is 0.568. The van der Waals surface area contributed by atoms with Gasteiger partial charge in [0.2, 0.25) is 5.95 Å². The van der Waals surface area contributed by atoms with E-state index in [0.717, 1.165) is 176 Å². The van der Waals surface area contributed by atoms with Gasteiger partial charge in [-0.3, -0.25) is 9.13 Å². The molecular formula is C80H45N5O3. The minimum Gasteiger partial charge on any atom is -0.456 e. The molecule has 8 heteroatoms. The van der Waals surface area contributed by atoms with E-state index in [1.807, 2.05) is 36.4 Å². The van der Waals surface area contributed by atoms with E-state index in [-0.39, 0.29) is 0 Å². The van der Waals surface area contributed by atoms with Crippen molar-refractivity contribution in [1.29, 1.82) is 0 Å². The molecule has 0 fully saturated rings. The van der Waals surface area contributed by atoms with Crippen molar-refractivity contribution in [3.05, 3.63) is 273 Å². The smallest absolute Gasteiger partial charge is 0.237 e. The average molecular weight is 1120 g/mol. The van der Waals surface area contributed by atoms with Crippen LogP contribution in [0.1, 0.15) is 0 Å². The van der Waals surface area contributed by atoms with Crippen LogP contribution in [0.4, 0.5) is 0 Å². The Labute approximate surface area is 500 Å². The van der Waals surface area contributed by atoms with Gasteiger partial charge in [-0.1, -0.05) is 164 Å². The Bertz CT molecular complexity index is 6400. The second-order valence-corrected chi connectivity index (χ2v) is 23.2. The number of nitrogens with zero attached hydrogens (tertiary/aromatic N) is 5. The molecule has 0 amide bonds. The van der Waals surface area contributed by atoms with Crippen LogP contribution >= 0.6 is 0 Å². The van der Waals surface area contributed by atoms with Crippen molar-refractivity contribution in [2.45, 2.75) is 0 Å². The molecule has 0 unspecified atom stereocenters. The van der Waals surface area contributed by atoms with Crippen LogP contribution < -0.4 is 0 Å². The van der Waals surface area contributed by atoms with Gasteiger partial charge in [-0.15, -0.1) is 0 Å². The Hall–Kier alpha value is -12.0. The zero-order valence-electron chi connectivity index (χ0n) is 46.9. The molecule has 20 rings (SSSR count). The van der Waals surface area contributed by atoms with Crippen molar-refractivity contribution in [1.82, 2.24) is 23.7 Å². The molecule has 0 bridgehead atoms. The Morgan fingerprint density at radius 1 is 0.216 bits per heavy atom. The van der Waals surface area contributed by atoms with Crippen molar-refractivity contribution in [2.75, 3.05) is 0 Å². The SMILES string of the molecule is c1ccc2c(c1)oc1ccc(-c3ccc4c5ccccc5n(-c5ccc6nc(-n7c8ccccc8c8ccc(-c9ccc%10oc%11ccccc%11c%10c9)cc87)nc(-n7c8ccccc8c8ccc(-c9ccc%10oc%11ccccc%11c%10c9)cc87)c6c5)c4c3)cc12. The first-order chi connectivity index (χ1) is 43.6. The van der Waals surface area contributed by atoms with E-state index in [0.29, 0.717) is 5.95 Å². The highest BCUT2D eigenvalue weighted by atomic mass is 16.3. The summed E-state index contributed by atoms with van der Waals surface area (Å²) < 4.78 is 26.0. The predicted octanol–water partition coefficient (Wildman–Crippen LogP) is 21.6. The first-order valence-electron chi connectivity index (χ1n) is 29.8. The predicted molar refractivity (Wildman–Crippen MR) is 361 cm³/mol. The van der Waals surface area contributed by atoms with Crippen LogP contribution in [-0.4, -0.2) is 23.7 Å². The van der Waals surface area contributed by atoms with Crippen LogP contribution in [0.15, 0.2) is 286 Å². The molecule has 13 aromatic carbocycles. The van der Waals surface area contributed by atoms with E-state index in [4.69, 9.17) is 23.2 Å². The molecule has 0 atom stereocenters. The summed E-state index contributed by atoms with van der Waals surface area (Å²) in [5.41, 5.74) is 19.9. The van der Waals surface area contributed by atoms with Gasteiger partial charge in [-0.2, -0.15) is 4.98 Å². The Balaban J connectivity index is 0.845. The Morgan fingerprint density at radius 3 is 1.02 bits per heavy atom. The lowest BCUT2D eigenvalue weighted by Crippen LogP contribution is -2.08. The van der Waals surface area contributed by atoms with E-state index in [2.05, 4.69) is 250 Å². The Kier molecular flexibility index (Phi) is 9.57. The fraction of sp³-hybridized carbons (Fsp3) is 0. The highest BCUT2D eigenvalue weighted by Gasteiger charge is 2.24. The summed E-state index contributed by atoms with van der Waals surface area (Å²) in [4.78, 5) is 11.6. The topological polar surface area (TPSA) is 80.0 Å². The van der Waals surface area contributed by atoms with Crippen molar-refractivity contribution < 1.29 is 13.3 Å². The molecule has 7 heterocycles. The molecule has 408 valence electrons. The van der Waals surface area contributed by atoms with Gasteiger partial charge in [0.1, 0.15) is 33.5 Å². The van der Waals surface area contributed by atoms with Gasteiger partial charge in [0.25, 0.3) is 0 Å². The normalized spacial score (nSPS) is 12.3. The molecule has 0 N–H and O–H groups in total. The maximum atomic E-state index is 6.33. The third-order valence-electron chi connectivity index (χ3n) is 18.5. The summed E-state index contributed by atoms with van der Waals surface area (Å²) in [6.45, 7) is 0. The molecule has 0 saturated carbocycles. The van der Waals surface area contributed by atoms with Crippen LogP contribution in [0.5, 0.6) is 0 Å². The third-order valence-corrected chi connectivity index (χ3v) is 18.5. The van der Waals surface area contributed by atoms with Crippen molar-refractivity contribution in [2.24, 2.45) is 0 Å². The molecule has 0 aliphatic carbocycles. The summed E-state index contributed by atoms with van der Waals surface area (Å²) in [5, 5.41) is 14.3. The average Bonchev–Trinajstić information content (AvgIpc) is 1.80. The lowest BCUT2D eigenvalue weighted by Gasteiger charge is -2.16. The summed E-state index contributed by atoms with van der Waals surface area (Å²) >= 11 is 0. The number of para-hydroxylation sites is 6. The molecule has 0 radical (unpaired) electrons. The molecule has 88 heavy (non-hydrogen) atoms. The van der Waals surface area contributed by atoms with Gasteiger partial charge >= 0.3 is 0 Å². The van der Waals surface area contributed by atoms with Gasteiger partial charge in [-0.25, -0.2) is 4.98 Å². The zero-order valence-corrected chi connectivity index (χ0v) is 46.9. The van der Waals surface area contributed by atoms with Crippen molar-refractivity contribution in [3.63, 3.8) is 0 Å². The minimum atomic E-state index is 0.568. The molecular weight excluding hydrogens is 1080 g/mol. The second kappa shape index (κ2) is 17.8. The van der Waals surface area contributed by atoms with Gasteiger partial charge < -0.3 is 17.8 Å². The monoisotopic (exact) mass is 1120 g/mol. The van der Waals surface area contributed by atoms with Crippen LogP contribution in [0.3, 0.4) is 0 Å². The highest BCUT2D eigenvalue weighted by Crippen LogP contribution is 2.43. The molecule has 0 aliphatic rings. The maximum Gasteiger partial charge on any atom is 0.237 e. The molecule has 8 nitrogen and oxygen atoms in total. The number of benzene rings is 13. The number of aromatic nitrogens is 5. The molecule has 7 aromatic heterocycles. The lowest BCUT2D eigenvalue weighted by molar-refractivity contribution is 0.668. The first kappa shape index (κ1) is 47.4. The van der Waals surface area contributed by atoms with Crippen LogP contribution in [0.25, 0.3) is 193 Å². The van der Waals surface area contributed by atoms with Crippen LogP contribution in [0.2, 0.25) is 0 Å². The summed E-state index contributed by atoms with van der Waals surface area (Å²) in [7, 11) is 0. The molecule has 20 aromatic rings. The zero-order chi connectivity index (χ0) is 57.3. The third kappa shape index (κ3) is 6.79. The Morgan fingerprint density at radius 2 is 0.557 bits per heavy atom. The number of furan rings is 3. The number of hydrogen-bond acceptors (Lipinski definition) is 5. The van der Waals surface area contributed by atoms with E-state index >= 15 is 0 Å². The van der Waals surface area contributed by atoms with E-state index < -0.39 is 0 Å². The summed E-state index contributed by atoms with van der Waals surface area (Å²) in [5.74, 6) is 1.33. The molecule has 0 aliphatic heterocycles. The van der Waals surface area contributed by atoms with E-state index in [1.165, 1.54) is 10.8 Å². The fourth-order valence-electron chi connectivity index (χ4n) is 14.4. The largest absolute Gasteiger partial charge is 0.456 e. The van der Waals surface area contributed by atoms with Crippen LogP contribution in [-0.2, 0) is 0 Å². The second-order valence-electron chi connectivity index (χ2n) is 23.2. The quantitative estimate of drug-likeness (QED) is 0.166. The first-order valence-corrected chi connectivity index (χ1v) is 29.8.